The molecule has 0 aliphatic heterocycles. The number of hydrogen-bond donors (Lipinski definition) is 1. The lowest BCUT2D eigenvalue weighted by Gasteiger charge is -2.06. The first-order chi connectivity index (χ1) is 17.3. The summed E-state index contributed by atoms with van der Waals surface area (Å²) >= 11 is 6.23. The van der Waals surface area contributed by atoms with Crippen LogP contribution in [0.15, 0.2) is 71.1 Å². The molecule has 11 heteroatoms. The number of carbonyl (C=O) groups is 1. The monoisotopic (exact) mass is 503 g/mol. The summed E-state index contributed by atoms with van der Waals surface area (Å²) in [6.07, 6.45) is 0. The first kappa shape index (κ1) is 23.1. The van der Waals surface area contributed by atoms with Crippen LogP contribution >= 0.6 is 11.6 Å². The van der Waals surface area contributed by atoms with E-state index in [9.17, 15) is 14.9 Å². The molecule has 2 aromatic heterocycles. The molecule has 1 amide bonds. The Morgan fingerprint density at radius 3 is 2.58 bits per heavy atom. The minimum absolute atomic E-state index is 0.0625. The fourth-order valence-corrected chi connectivity index (χ4v) is 3.92. The topological polar surface area (TPSA) is 125 Å². The number of fused-ring (bicyclic) bond motifs is 1. The summed E-state index contributed by atoms with van der Waals surface area (Å²) in [4.78, 5) is 24.9. The van der Waals surface area contributed by atoms with Crippen molar-refractivity contribution in [2.75, 3.05) is 12.4 Å². The Hall–Kier alpha value is -4.70. The number of nitrogens with zero attached hydrogens (tertiary/aromatic N) is 4. The van der Waals surface area contributed by atoms with Gasteiger partial charge in [-0.1, -0.05) is 23.7 Å². The molecule has 0 saturated heterocycles. The maximum Gasteiger partial charge on any atom is 0.291 e. The number of hydrogen-bond acceptors (Lipinski definition) is 7. The fraction of sp³-hybridized carbons (Fsp3) is 0.0800. The van der Waals surface area contributed by atoms with Crippen molar-refractivity contribution < 1.29 is 18.9 Å². The van der Waals surface area contributed by atoms with Gasteiger partial charge in [0.1, 0.15) is 22.5 Å². The smallest absolute Gasteiger partial charge is 0.291 e. The normalized spacial score (nSPS) is 11.0. The molecular formula is C25H18ClN5O5. The molecule has 5 aromatic rings. The van der Waals surface area contributed by atoms with Gasteiger partial charge in [0, 0.05) is 23.4 Å². The van der Waals surface area contributed by atoms with Gasteiger partial charge in [-0.3, -0.25) is 14.9 Å². The highest BCUT2D eigenvalue weighted by molar-refractivity contribution is 6.32. The number of aromatic nitrogens is 3. The number of furan rings is 1. The average molecular weight is 504 g/mol. The van der Waals surface area contributed by atoms with Gasteiger partial charge in [-0.05, 0) is 55.0 Å². The van der Waals surface area contributed by atoms with Crippen LogP contribution in [-0.4, -0.2) is 32.9 Å². The average Bonchev–Trinajstić information content (AvgIpc) is 3.52. The quantitative estimate of drug-likeness (QED) is 0.229. The third kappa shape index (κ3) is 4.37. The van der Waals surface area contributed by atoms with Crippen LogP contribution in [-0.2, 0) is 0 Å². The number of benzene rings is 3. The Morgan fingerprint density at radius 1 is 1.08 bits per heavy atom. The van der Waals surface area contributed by atoms with Crippen LogP contribution in [0.4, 0.5) is 11.4 Å². The van der Waals surface area contributed by atoms with Crippen LogP contribution in [0.1, 0.15) is 16.1 Å². The maximum atomic E-state index is 12.9. The molecule has 0 fully saturated rings. The van der Waals surface area contributed by atoms with Crippen molar-refractivity contribution in [2.45, 2.75) is 6.92 Å². The molecule has 0 atom stereocenters. The summed E-state index contributed by atoms with van der Waals surface area (Å²) in [5.74, 6) is 0.484. The van der Waals surface area contributed by atoms with Crippen LogP contribution in [0.5, 0.6) is 5.75 Å². The van der Waals surface area contributed by atoms with Crippen molar-refractivity contribution in [3.63, 3.8) is 0 Å². The van der Waals surface area contributed by atoms with Gasteiger partial charge >= 0.3 is 0 Å². The van der Waals surface area contributed by atoms with Gasteiger partial charge in [-0.2, -0.15) is 4.80 Å². The number of nitro groups is 1. The molecule has 0 spiro atoms. The number of non-ortho nitro benzene ring substituents is 1. The summed E-state index contributed by atoms with van der Waals surface area (Å²) in [5.41, 5.74) is 3.62. The fourth-order valence-electron chi connectivity index (χ4n) is 3.67. The van der Waals surface area contributed by atoms with Gasteiger partial charge < -0.3 is 14.5 Å². The SMILES string of the molecule is COc1ccc(-n2nc3cc(C)c(NC(=O)c4ccc(-c5cccc([N+](=O)[O-])c5)o4)cc3n2)cc1Cl. The van der Waals surface area contributed by atoms with Crippen LogP contribution in [0.25, 0.3) is 28.0 Å². The van der Waals surface area contributed by atoms with Crippen molar-refractivity contribution in [3.8, 4) is 22.8 Å². The van der Waals surface area contributed by atoms with Crippen molar-refractivity contribution in [2.24, 2.45) is 0 Å². The number of nitro benzene ring substituents is 1. The number of ether oxygens (including phenoxy) is 1. The summed E-state index contributed by atoms with van der Waals surface area (Å²) in [5, 5.41) is 23.3. The molecule has 0 radical (unpaired) electrons. The van der Waals surface area contributed by atoms with Gasteiger partial charge in [-0.25, -0.2) is 0 Å². The van der Waals surface area contributed by atoms with E-state index in [2.05, 4.69) is 15.5 Å². The molecule has 1 N–H and O–H groups in total. The number of halogens is 1. The number of nitrogens with one attached hydrogen (secondary N) is 1. The zero-order valence-corrected chi connectivity index (χ0v) is 19.8. The Labute approximate surface area is 209 Å². The molecular weight excluding hydrogens is 486 g/mol. The Bertz CT molecular complexity index is 1640. The lowest BCUT2D eigenvalue weighted by molar-refractivity contribution is -0.384. The Kier molecular flexibility index (Phi) is 5.87. The third-order valence-corrected chi connectivity index (χ3v) is 5.81. The molecule has 10 nitrogen and oxygen atoms in total. The van der Waals surface area contributed by atoms with Crippen LogP contribution in [0, 0.1) is 17.0 Å². The van der Waals surface area contributed by atoms with Crippen LogP contribution < -0.4 is 10.1 Å². The highest BCUT2D eigenvalue weighted by Gasteiger charge is 2.17. The van der Waals surface area contributed by atoms with E-state index in [4.69, 9.17) is 20.8 Å². The molecule has 0 aliphatic carbocycles. The number of anilines is 1. The summed E-state index contributed by atoms with van der Waals surface area (Å²) in [6.45, 7) is 1.84. The van der Waals surface area contributed by atoms with E-state index in [0.29, 0.717) is 44.5 Å². The minimum Gasteiger partial charge on any atom is -0.495 e. The second-order valence-corrected chi connectivity index (χ2v) is 8.30. The van der Waals surface area contributed by atoms with Crippen molar-refractivity contribution in [1.29, 1.82) is 0 Å². The third-order valence-electron chi connectivity index (χ3n) is 5.51. The number of methoxy groups -OCH3 is 1. The van der Waals surface area contributed by atoms with Gasteiger partial charge in [0.2, 0.25) is 0 Å². The lowest BCUT2D eigenvalue weighted by atomic mass is 10.1. The zero-order chi connectivity index (χ0) is 25.4. The second-order valence-electron chi connectivity index (χ2n) is 7.89. The number of aryl methyl sites for hydroxylation is 1. The first-order valence-corrected chi connectivity index (χ1v) is 11.1. The van der Waals surface area contributed by atoms with Crippen LogP contribution in [0.2, 0.25) is 5.02 Å². The van der Waals surface area contributed by atoms with E-state index in [-0.39, 0.29) is 11.4 Å². The lowest BCUT2D eigenvalue weighted by Crippen LogP contribution is -2.11. The van der Waals surface area contributed by atoms with Gasteiger partial charge in [0.25, 0.3) is 11.6 Å². The molecule has 0 unspecified atom stereocenters. The van der Waals surface area contributed by atoms with Crippen molar-refractivity contribution in [3.05, 3.63) is 93.2 Å². The van der Waals surface area contributed by atoms with E-state index in [0.717, 1.165) is 5.56 Å². The highest BCUT2D eigenvalue weighted by atomic mass is 35.5. The first-order valence-electron chi connectivity index (χ1n) is 10.7. The van der Waals surface area contributed by atoms with E-state index >= 15 is 0 Å². The molecule has 180 valence electrons. The van der Waals surface area contributed by atoms with E-state index < -0.39 is 10.8 Å². The molecule has 5 rings (SSSR count). The maximum absolute atomic E-state index is 12.9. The molecule has 3 aromatic carbocycles. The van der Waals surface area contributed by atoms with Gasteiger partial charge in [0.15, 0.2) is 5.76 Å². The highest BCUT2D eigenvalue weighted by Crippen LogP contribution is 2.29. The summed E-state index contributed by atoms with van der Waals surface area (Å²) < 4.78 is 10.9. The minimum atomic E-state index is -0.488. The summed E-state index contributed by atoms with van der Waals surface area (Å²) in [6, 6.07) is 17.9. The van der Waals surface area contributed by atoms with Crippen molar-refractivity contribution >= 4 is 39.9 Å². The predicted molar refractivity (Wildman–Crippen MR) is 134 cm³/mol. The number of rotatable bonds is 6. The van der Waals surface area contributed by atoms with E-state index in [1.165, 1.54) is 30.1 Å². The molecule has 0 bridgehead atoms. The molecule has 36 heavy (non-hydrogen) atoms. The zero-order valence-electron chi connectivity index (χ0n) is 19.1. The summed E-state index contributed by atoms with van der Waals surface area (Å²) in [7, 11) is 1.54. The molecule has 0 aliphatic rings. The molecule has 2 heterocycles. The van der Waals surface area contributed by atoms with E-state index in [1.807, 2.05) is 13.0 Å². The standard InChI is InChI=1S/C25H18ClN5O5/c1-14-10-20-21(29-30(28-20)16-6-7-23(35-2)18(26)12-16)13-19(14)27-25(32)24-9-8-22(36-24)15-4-3-5-17(11-15)31(33)34/h3-13H,1-2H3,(H,27,32). The largest absolute Gasteiger partial charge is 0.495 e. The molecule has 0 saturated carbocycles. The van der Waals surface area contributed by atoms with Gasteiger partial charge in [-0.15, -0.1) is 10.2 Å². The Morgan fingerprint density at radius 2 is 1.86 bits per heavy atom. The number of amides is 1. The Balaban J connectivity index is 1.39. The van der Waals surface area contributed by atoms with Gasteiger partial charge in [0.05, 0.1) is 22.7 Å². The van der Waals surface area contributed by atoms with Crippen molar-refractivity contribution in [1.82, 2.24) is 15.0 Å². The predicted octanol–water partition coefficient (Wildman–Crippen LogP) is 5.81. The second kappa shape index (κ2) is 9.16. The van der Waals surface area contributed by atoms with E-state index in [1.54, 1.807) is 42.5 Å². The number of carbonyl (C=O) groups excluding carboxylic acids is 1. The van der Waals surface area contributed by atoms with Crippen LogP contribution in [0.3, 0.4) is 0 Å².